The number of likely N-dealkylation sites (tertiary alicyclic amines) is 1. The number of fused-ring (bicyclic) bond motifs is 2. The van der Waals surface area contributed by atoms with Crippen LogP contribution in [0.1, 0.15) is 131 Å². The highest BCUT2D eigenvalue weighted by atomic mass is 16.8. The van der Waals surface area contributed by atoms with Gasteiger partial charge in [-0.3, -0.25) is 4.90 Å². The van der Waals surface area contributed by atoms with Crippen LogP contribution in [-0.2, 0) is 61.6 Å². The molecule has 5 heterocycles. The summed E-state index contributed by atoms with van der Waals surface area (Å²) >= 11 is 0. The van der Waals surface area contributed by atoms with E-state index in [4.69, 9.17) is 61.6 Å². The van der Waals surface area contributed by atoms with Gasteiger partial charge in [0.25, 0.3) is 0 Å². The van der Waals surface area contributed by atoms with E-state index in [-0.39, 0.29) is 13.0 Å². The molecular weight excluding hydrogens is 1090 g/mol. The van der Waals surface area contributed by atoms with E-state index in [1.54, 1.807) is 125 Å². The third-order valence-corrected chi connectivity index (χ3v) is 12.8. The van der Waals surface area contributed by atoms with Crippen molar-refractivity contribution in [3.63, 3.8) is 0 Å². The van der Waals surface area contributed by atoms with Crippen LogP contribution < -0.4 is 26.6 Å². The Morgan fingerprint density at radius 1 is 0.451 bits per heavy atom. The van der Waals surface area contributed by atoms with E-state index in [0.717, 1.165) is 0 Å². The van der Waals surface area contributed by atoms with Crippen molar-refractivity contribution in [3.8, 4) is 0 Å². The molecule has 0 radical (unpaired) electrons. The van der Waals surface area contributed by atoms with Gasteiger partial charge >= 0.3 is 36.6 Å². The van der Waals surface area contributed by atoms with Crippen molar-refractivity contribution in [1.82, 2.24) is 31.5 Å². The van der Waals surface area contributed by atoms with Gasteiger partial charge in [-0.1, -0.05) is 0 Å². The summed E-state index contributed by atoms with van der Waals surface area (Å²) < 4.78 is 78.2. The van der Waals surface area contributed by atoms with E-state index in [9.17, 15) is 49.2 Å². The number of hydrogen-bond acceptors (Lipinski definition) is 23. The van der Waals surface area contributed by atoms with Gasteiger partial charge < -0.3 is 109 Å². The van der Waals surface area contributed by atoms with Gasteiger partial charge in [-0.15, -0.1) is 0 Å². The van der Waals surface area contributed by atoms with Crippen LogP contribution in [0, 0.1) is 0 Å². The summed E-state index contributed by atoms with van der Waals surface area (Å²) in [4.78, 5) is 81.7. The molecule has 0 spiro atoms. The van der Waals surface area contributed by atoms with Crippen LogP contribution >= 0.6 is 0 Å². The molecule has 0 aromatic carbocycles. The van der Waals surface area contributed by atoms with Crippen molar-refractivity contribution in [2.45, 2.75) is 281 Å². The highest BCUT2D eigenvalue weighted by Crippen LogP contribution is 2.47. The second kappa shape index (κ2) is 25.0. The SMILES string of the molecule is CC(C)(C)OC(=O)NC[C@@H]1O[C@H](O[C@H]2[C@@H](O)[C@H](O[C@H]3[C@H](O[C@H]4O[C@H](CNC(=O)OC(C)(C)C)[C@@H](O)[C@H](O)[C@H]4NC(=O)OC(C)(C)C)[C@@H](NC(=O)OC(C)(C)C)C[C@@H]4[C@H]3N4C(=O)OC(C)(C)C)O[C@@H]2CO)[C@H](NC(=O)OC(C)(C)C)[C@H]2O[C@H]21. The van der Waals surface area contributed by atoms with Gasteiger partial charge in [0.15, 0.2) is 18.9 Å². The first kappa shape index (κ1) is 66.3. The molecule has 0 bridgehead atoms. The number of hydrogen-bond donors (Lipinski definition) is 9. The number of epoxide rings is 1. The number of nitrogens with zero attached hydrogens (tertiary/aromatic N) is 1. The molecule has 5 saturated heterocycles. The Morgan fingerprint density at radius 2 is 0.866 bits per heavy atom. The molecule has 6 fully saturated rings. The summed E-state index contributed by atoms with van der Waals surface area (Å²) in [5.41, 5.74) is -5.76. The molecule has 6 amide bonds. The fourth-order valence-electron chi connectivity index (χ4n) is 9.75. The van der Waals surface area contributed by atoms with E-state index < -0.39 is 200 Å². The molecule has 1 saturated carbocycles. The predicted molar refractivity (Wildman–Crippen MR) is 283 cm³/mol. The average molecular weight is 1180 g/mol. The van der Waals surface area contributed by atoms with Gasteiger partial charge in [0, 0.05) is 13.1 Å². The Hall–Kier alpha value is -4.82. The summed E-state index contributed by atoms with van der Waals surface area (Å²) in [7, 11) is 0. The molecular formula is C53H90N6O23. The number of rotatable bonds is 14. The van der Waals surface area contributed by atoms with E-state index in [1.165, 1.54) is 4.90 Å². The molecule has 9 N–H and O–H groups in total. The number of alkyl carbamates (subject to hydrolysis) is 5. The molecule has 19 atom stereocenters. The maximum atomic E-state index is 14.1. The number of ether oxygens (including phenoxy) is 13. The zero-order chi connectivity index (χ0) is 61.6. The smallest absolute Gasteiger partial charge is 0.411 e. The summed E-state index contributed by atoms with van der Waals surface area (Å²) in [6.07, 6.45) is -25.6. The summed E-state index contributed by atoms with van der Waals surface area (Å²) in [6, 6.07) is -5.72. The average Bonchev–Trinajstić information content (AvgIpc) is 2.76. The van der Waals surface area contributed by atoms with Gasteiger partial charge in [0.1, 0.15) is 113 Å². The van der Waals surface area contributed by atoms with Crippen LogP contribution in [0.2, 0.25) is 0 Å². The van der Waals surface area contributed by atoms with E-state index in [0.29, 0.717) is 0 Å². The fraction of sp³-hybridized carbons (Fsp3) is 0.887. The molecule has 1 aliphatic carbocycles. The lowest BCUT2D eigenvalue weighted by molar-refractivity contribution is -0.300. The number of aliphatic hydroxyl groups excluding tert-OH is 4. The minimum atomic E-state index is -1.90. The predicted octanol–water partition coefficient (Wildman–Crippen LogP) is 2.28. The van der Waals surface area contributed by atoms with E-state index in [1.807, 2.05) is 0 Å². The molecule has 0 unspecified atom stereocenters. The van der Waals surface area contributed by atoms with Gasteiger partial charge in [-0.2, -0.15) is 0 Å². The largest absolute Gasteiger partial charge is 0.444 e. The lowest BCUT2D eigenvalue weighted by Crippen LogP contribution is -2.68. The second-order valence-electron chi connectivity index (χ2n) is 27.2. The topological polar surface area (TPSA) is 370 Å². The van der Waals surface area contributed by atoms with Crippen molar-refractivity contribution in [2.75, 3.05) is 19.7 Å². The van der Waals surface area contributed by atoms with Crippen LogP contribution in [-0.4, -0.2) is 231 Å². The first-order valence-electron chi connectivity index (χ1n) is 27.7. The molecule has 5 aliphatic heterocycles. The quantitative estimate of drug-likeness (QED) is 0.0890. The third-order valence-electron chi connectivity index (χ3n) is 12.8. The Bertz CT molecular complexity index is 2250. The number of aliphatic hydroxyl groups is 4. The Kier molecular flexibility index (Phi) is 20.2. The monoisotopic (exact) mass is 1180 g/mol. The Labute approximate surface area is 478 Å². The third kappa shape index (κ3) is 18.6. The zero-order valence-corrected chi connectivity index (χ0v) is 50.3. The van der Waals surface area contributed by atoms with Crippen LogP contribution in [0.4, 0.5) is 28.8 Å². The molecule has 6 aliphatic rings. The summed E-state index contributed by atoms with van der Waals surface area (Å²) in [6.45, 7) is 28.3. The van der Waals surface area contributed by atoms with Crippen LogP contribution in [0.25, 0.3) is 0 Å². The van der Waals surface area contributed by atoms with Crippen molar-refractivity contribution in [1.29, 1.82) is 0 Å². The second-order valence-corrected chi connectivity index (χ2v) is 27.2. The minimum absolute atomic E-state index is 0.0579. The van der Waals surface area contributed by atoms with Crippen molar-refractivity contribution in [3.05, 3.63) is 0 Å². The number of nitrogens with one attached hydrogen (secondary N) is 5. The number of carbonyl (C=O) groups excluding carboxylic acids is 6. The molecule has 0 aromatic heterocycles. The maximum Gasteiger partial charge on any atom is 0.411 e. The normalized spacial score (nSPS) is 34.7. The summed E-state index contributed by atoms with van der Waals surface area (Å²) in [5, 5.41) is 59.8. The molecule has 82 heavy (non-hydrogen) atoms. The number of carbonyl (C=O) groups is 6. The molecule has 6 rings (SSSR count). The first-order chi connectivity index (χ1) is 37.5. The Balaban J connectivity index is 1.37. The zero-order valence-electron chi connectivity index (χ0n) is 50.3. The van der Waals surface area contributed by atoms with Crippen molar-refractivity contribution in [2.24, 2.45) is 0 Å². The lowest BCUT2D eigenvalue weighted by atomic mass is 9.89. The standard InChI is InChI=1S/C53H90N6O23/c1-48(2,3)77-42(64)54-20-25-31(61)32(62)28(57-45(67)80-51(10,11)12)39(70-25)74-34-23(56-44(66)79-50(7,8)9)19-24-30(59(24)47(69)82-53(16,17)18)38(34)76-41-33(63)35(27(22-60)72-41)75-40-29(58-46(68)81-52(13,14)15)37-36(73-37)26(71-40)21-55-43(65)78-49(4,5)6/h23-41,60-63H,19-22H2,1-18H3,(H,54,64)(H,55,65)(H,56,66)(H,57,67)(H,58,68)/t23-,24+,25+,26-,27+,28+,29+,30+,31+,32+,33+,34+,35+,36-,37+,38+,39+,40+,41-,59?/m0/s1. The van der Waals surface area contributed by atoms with Gasteiger partial charge in [0.2, 0.25) is 0 Å². The van der Waals surface area contributed by atoms with E-state index >= 15 is 0 Å². The molecule has 29 nitrogen and oxygen atoms in total. The highest BCUT2D eigenvalue weighted by molar-refractivity contribution is 5.74. The lowest BCUT2D eigenvalue weighted by Gasteiger charge is -2.46. The molecule has 29 heteroatoms. The summed E-state index contributed by atoms with van der Waals surface area (Å²) in [5.74, 6) is 0. The van der Waals surface area contributed by atoms with Crippen molar-refractivity contribution >= 4 is 36.6 Å². The van der Waals surface area contributed by atoms with Crippen LogP contribution in [0.5, 0.6) is 0 Å². The number of amides is 6. The minimum Gasteiger partial charge on any atom is -0.444 e. The van der Waals surface area contributed by atoms with Gasteiger partial charge in [-0.05, 0) is 131 Å². The first-order valence-corrected chi connectivity index (χ1v) is 27.7. The van der Waals surface area contributed by atoms with Gasteiger partial charge in [-0.25, -0.2) is 28.8 Å². The molecule has 0 aromatic rings. The fourth-order valence-corrected chi connectivity index (χ4v) is 9.75. The Morgan fingerprint density at radius 3 is 1.37 bits per heavy atom. The van der Waals surface area contributed by atoms with Crippen molar-refractivity contribution < 1.29 is 111 Å². The van der Waals surface area contributed by atoms with Crippen LogP contribution in [0.3, 0.4) is 0 Å². The van der Waals surface area contributed by atoms with Gasteiger partial charge in [0.05, 0.1) is 24.7 Å². The van der Waals surface area contributed by atoms with E-state index in [2.05, 4.69) is 26.6 Å². The highest BCUT2D eigenvalue weighted by Gasteiger charge is 2.67. The van der Waals surface area contributed by atoms with Crippen LogP contribution in [0.15, 0.2) is 0 Å². The maximum absolute atomic E-state index is 14.1. The molecule has 470 valence electrons.